The Kier molecular flexibility index (Phi) is 6.82. The molecule has 7 nitrogen and oxygen atoms in total. The molecule has 2 heterocycles. The first-order chi connectivity index (χ1) is 17.4. The fourth-order valence-electron chi connectivity index (χ4n) is 3.89. The van der Waals surface area contributed by atoms with Crippen LogP contribution >= 0.6 is 23.2 Å². The first kappa shape index (κ1) is 24.1. The van der Waals surface area contributed by atoms with Crippen molar-refractivity contribution in [3.05, 3.63) is 93.3 Å². The summed E-state index contributed by atoms with van der Waals surface area (Å²) in [7, 11) is 0. The van der Waals surface area contributed by atoms with E-state index in [1.165, 1.54) is 24.3 Å². The van der Waals surface area contributed by atoms with Crippen molar-refractivity contribution in [1.29, 1.82) is 0 Å². The number of ketones is 1. The second-order valence-corrected chi connectivity index (χ2v) is 8.99. The lowest BCUT2D eigenvalue weighted by Crippen LogP contribution is -2.36. The smallest absolute Gasteiger partial charge is 0.255 e. The third-order valence-electron chi connectivity index (χ3n) is 5.73. The van der Waals surface area contributed by atoms with Crippen LogP contribution in [0.2, 0.25) is 10.0 Å². The number of morpholine rings is 1. The Labute approximate surface area is 215 Å². The molecule has 3 aromatic carbocycles. The third-order valence-corrected chi connectivity index (χ3v) is 6.47. The van der Waals surface area contributed by atoms with Crippen molar-refractivity contribution >= 4 is 57.4 Å². The van der Waals surface area contributed by atoms with Crippen molar-refractivity contribution in [2.75, 3.05) is 36.5 Å². The quantitative estimate of drug-likeness (QED) is 0.352. The standard InChI is InChI=1S/C26H19Cl2FN4O3/c27-20-3-1-16(11-21(20)28)26(35)31-19-10-17(9-18(29)13-19)25(34)15-2-4-22-23(12-15)32-24(14-30-22)33-5-7-36-8-6-33/h1-4,9-14H,5-8H2,(H,31,35). The van der Waals surface area contributed by atoms with Gasteiger partial charge in [0.25, 0.3) is 5.91 Å². The monoisotopic (exact) mass is 524 g/mol. The topological polar surface area (TPSA) is 84.4 Å². The number of ether oxygens (including phenoxy) is 1. The molecule has 1 saturated heterocycles. The number of amides is 1. The van der Waals surface area contributed by atoms with Crippen LogP contribution in [0.25, 0.3) is 11.0 Å². The lowest BCUT2D eigenvalue weighted by atomic mass is 10.0. The number of hydrogen-bond donors (Lipinski definition) is 1. The van der Waals surface area contributed by atoms with Crippen LogP contribution in [0.5, 0.6) is 0 Å². The van der Waals surface area contributed by atoms with Crippen LogP contribution in [0.1, 0.15) is 26.3 Å². The van der Waals surface area contributed by atoms with Gasteiger partial charge in [-0.1, -0.05) is 23.2 Å². The van der Waals surface area contributed by atoms with E-state index in [4.69, 9.17) is 27.9 Å². The minimum absolute atomic E-state index is 0.0797. The fourth-order valence-corrected chi connectivity index (χ4v) is 4.19. The maximum Gasteiger partial charge on any atom is 0.255 e. The molecule has 0 radical (unpaired) electrons. The first-order valence-electron chi connectivity index (χ1n) is 11.1. The molecular formula is C26H19Cl2FN4O3. The molecule has 0 bridgehead atoms. The summed E-state index contributed by atoms with van der Waals surface area (Å²) in [6.45, 7) is 2.64. The second-order valence-electron chi connectivity index (χ2n) is 8.17. The van der Waals surface area contributed by atoms with E-state index in [1.807, 2.05) is 0 Å². The summed E-state index contributed by atoms with van der Waals surface area (Å²) >= 11 is 11.9. The molecule has 1 aliphatic heterocycles. The van der Waals surface area contributed by atoms with E-state index in [0.29, 0.717) is 53.7 Å². The number of carbonyl (C=O) groups is 2. The van der Waals surface area contributed by atoms with Gasteiger partial charge >= 0.3 is 0 Å². The Morgan fingerprint density at radius 2 is 1.67 bits per heavy atom. The molecule has 5 rings (SSSR count). The van der Waals surface area contributed by atoms with E-state index in [0.717, 1.165) is 12.1 Å². The van der Waals surface area contributed by atoms with Crippen molar-refractivity contribution in [3.8, 4) is 0 Å². The molecule has 0 spiro atoms. The van der Waals surface area contributed by atoms with E-state index in [2.05, 4.69) is 20.2 Å². The van der Waals surface area contributed by atoms with Crippen LogP contribution in [0.15, 0.2) is 60.8 Å². The van der Waals surface area contributed by atoms with Crippen LogP contribution in [-0.2, 0) is 4.74 Å². The number of fused-ring (bicyclic) bond motifs is 1. The van der Waals surface area contributed by atoms with E-state index in [-0.39, 0.29) is 21.8 Å². The highest BCUT2D eigenvalue weighted by Crippen LogP contribution is 2.25. The Hall–Kier alpha value is -3.59. The predicted octanol–water partition coefficient (Wildman–Crippen LogP) is 5.40. The van der Waals surface area contributed by atoms with Crippen molar-refractivity contribution in [3.63, 3.8) is 0 Å². The maximum absolute atomic E-state index is 14.4. The Morgan fingerprint density at radius 1 is 0.889 bits per heavy atom. The maximum atomic E-state index is 14.4. The molecule has 1 aliphatic rings. The van der Waals surface area contributed by atoms with Crippen LogP contribution in [-0.4, -0.2) is 48.0 Å². The largest absolute Gasteiger partial charge is 0.378 e. The molecule has 10 heteroatoms. The number of benzene rings is 3. The zero-order chi connectivity index (χ0) is 25.2. The molecule has 1 aromatic heterocycles. The Bertz CT molecular complexity index is 1490. The highest BCUT2D eigenvalue weighted by atomic mass is 35.5. The molecule has 36 heavy (non-hydrogen) atoms. The summed E-state index contributed by atoms with van der Waals surface area (Å²) in [4.78, 5) is 37.0. The van der Waals surface area contributed by atoms with E-state index in [1.54, 1.807) is 24.4 Å². The van der Waals surface area contributed by atoms with Crippen molar-refractivity contribution in [1.82, 2.24) is 9.97 Å². The lowest BCUT2D eigenvalue weighted by molar-refractivity contribution is 0.102. The van der Waals surface area contributed by atoms with Gasteiger partial charge in [0.05, 0.1) is 40.5 Å². The number of rotatable bonds is 5. The van der Waals surface area contributed by atoms with Crippen LogP contribution in [0, 0.1) is 5.82 Å². The average Bonchev–Trinajstić information content (AvgIpc) is 2.89. The number of nitrogens with one attached hydrogen (secondary N) is 1. The van der Waals surface area contributed by atoms with Gasteiger partial charge in [0.2, 0.25) is 0 Å². The lowest BCUT2D eigenvalue weighted by Gasteiger charge is -2.27. The van der Waals surface area contributed by atoms with Gasteiger partial charge in [0.15, 0.2) is 5.78 Å². The molecule has 0 atom stereocenters. The Morgan fingerprint density at radius 3 is 2.44 bits per heavy atom. The molecule has 182 valence electrons. The van der Waals surface area contributed by atoms with Gasteiger partial charge in [0.1, 0.15) is 11.6 Å². The van der Waals surface area contributed by atoms with E-state index >= 15 is 0 Å². The van der Waals surface area contributed by atoms with Gasteiger partial charge in [-0.05, 0) is 54.6 Å². The highest BCUT2D eigenvalue weighted by Gasteiger charge is 2.17. The molecule has 4 aromatic rings. The van der Waals surface area contributed by atoms with Gasteiger partial charge in [0, 0.05) is 35.5 Å². The molecular weight excluding hydrogens is 506 g/mol. The second kappa shape index (κ2) is 10.2. The minimum Gasteiger partial charge on any atom is -0.378 e. The first-order valence-corrected chi connectivity index (χ1v) is 11.8. The number of nitrogens with zero attached hydrogens (tertiary/aromatic N) is 3. The summed E-state index contributed by atoms with van der Waals surface area (Å²) in [6, 6.07) is 13.0. The molecule has 1 N–H and O–H groups in total. The minimum atomic E-state index is -0.666. The molecule has 0 unspecified atom stereocenters. The Balaban J connectivity index is 1.41. The van der Waals surface area contributed by atoms with Crippen LogP contribution in [0.4, 0.5) is 15.9 Å². The van der Waals surface area contributed by atoms with Gasteiger partial charge in [-0.2, -0.15) is 0 Å². The third kappa shape index (κ3) is 5.16. The number of anilines is 2. The number of hydrogen-bond acceptors (Lipinski definition) is 6. The predicted molar refractivity (Wildman–Crippen MR) is 137 cm³/mol. The summed E-state index contributed by atoms with van der Waals surface area (Å²) in [5.41, 5.74) is 1.96. The van der Waals surface area contributed by atoms with Gasteiger partial charge < -0.3 is 15.0 Å². The van der Waals surface area contributed by atoms with E-state index < -0.39 is 17.5 Å². The number of aromatic nitrogens is 2. The molecule has 0 saturated carbocycles. The van der Waals surface area contributed by atoms with Crippen molar-refractivity contribution in [2.24, 2.45) is 0 Å². The van der Waals surface area contributed by atoms with Crippen LogP contribution < -0.4 is 10.2 Å². The average molecular weight is 525 g/mol. The summed E-state index contributed by atoms with van der Waals surface area (Å²) < 4.78 is 19.8. The van der Waals surface area contributed by atoms with Gasteiger partial charge in [-0.25, -0.2) is 9.37 Å². The summed E-state index contributed by atoms with van der Waals surface area (Å²) in [5.74, 6) is -0.900. The molecule has 0 aliphatic carbocycles. The number of carbonyl (C=O) groups excluding carboxylic acids is 2. The zero-order valence-electron chi connectivity index (χ0n) is 18.8. The summed E-state index contributed by atoms with van der Waals surface area (Å²) in [5, 5.41) is 3.12. The normalized spacial score (nSPS) is 13.6. The molecule has 1 amide bonds. The molecule has 1 fully saturated rings. The van der Waals surface area contributed by atoms with Crippen LogP contribution in [0.3, 0.4) is 0 Å². The highest BCUT2D eigenvalue weighted by molar-refractivity contribution is 6.42. The zero-order valence-corrected chi connectivity index (χ0v) is 20.3. The van der Waals surface area contributed by atoms with Crippen molar-refractivity contribution in [2.45, 2.75) is 0 Å². The summed E-state index contributed by atoms with van der Waals surface area (Å²) in [6.07, 6.45) is 1.70. The fraction of sp³-hybridized carbons (Fsp3) is 0.154. The van der Waals surface area contributed by atoms with Crippen molar-refractivity contribution < 1.29 is 18.7 Å². The number of halogens is 3. The van der Waals surface area contributed by atoms with Gasteiger partial charge in [-0.15, -0.1) is 0 Å². The van der Waals surface area contributed by atoms with Gasteiger partial charge in [-0.3, -0.25) is 14.6 Å². The van der Waals surface area contributed by atoms with E-state index in [9.17, 15) is 14.0 Å². The SMILES string of the molecule is O=C(Nc1cc(F)cc(C(=O)c2ccc3ncc(N4CCOCC4)nc3c2)c1)c1ccc(Cl)c(Cl)c1.